The monoisotopic (exact) mass is 269 g/mol. The molecule has 1 aliphatic carbocycles. The molecule has 0 spiro atoms. The van der Waals surface area contributed by atoms with Crippen LogP contribution in [0.15, 0.2) is 0 Å². The lowest BCUT2D eigenvalue weighted by atomic mass is 9.85. The molecule has 2 unspecified atom stereocenters. The highest BCUT2D eigenvalue weighted by Crippen LogP contribution is 2.38. The van der Waals surface area contributed by atoms with Crippen LogP contribution in [0.1, 0.15) is 26.2 Å². The Bertz CT molecular complexity index is 412. The normalized spacial score (nSPS) is 30.9. The van der Waals surface area contributed by atoms with Crippen LogP contribution in [-0.2, 0) is 9.59 Å². The Kier molecular flexibility index (Phi) is 3.64. The fourth-order valence-corrected chi connectivity index (χ4v) is 2.71. The summed E-state index contributed by atoms with van der Waals surface area (Å²) in [5.41, 5.74) is -0.909. The maximum atomic E-state index is 12.1. The van der Waals surface area contributed by atoms with Crippen molar-refractivity contribution in [3.63, 3.8) is 0 Å². The number of nitrogens with zero attached hydrogens (tertiary/aromatic N) is 1. The molecule has 106 valence electrons. The van der Waals surface area contributed by atoms with Gasteiger partial charge >= 0.3 is 12.0 Å². The van der Waals surface area contributed by atoms with E-state index in [2.05, 4.69) is 10.6 Å². The molecule has 2 aliphatic rings. The number of carbonyl (C=O) groups excluding carboxylic acids is 2. The van der Waals surface area contributed by atoms with Crippen LogP contribution in [0.3, 0.4) is 0 Å². The number of aliphatic carboxylic acids is 1. The third kappa shape index (κ3) is 2.64. The lowest BCUT2D eigenvalue weighted by molar-refractivity contribution is -0.148. The van der Waals surface area contributed by atoms with Crippen molar-refractivity contribution in [2.75, 3.05) is 19.6 Å². The predicted octanol–water partition coefficient (Wildman–Crippen LogP) is -0.229. The molecule has 1 aliphatic heterocycles. The van der Waals surface area contributed by atoms with Crippen LogP contribution >= 0.6 is 0 Å². The Balaban J connectivity index is 1.98. The van der Waals surface area contributed by atoms with E-state index in [9.17, 15) is 19.5 Å². The largest absolute Gasteiger partial charge is 0.481 e. The molecule has 1 saturated carbocycles. The molecular formula is C12H19N3O4. The smallest absolute Gasteiger partial charge is 0.318 e. The van der Waals surface area contributed by atoms with Crippen molar-refractivity contribution >= 4 is 17.9 Å². The third-order valence-electron chi connectivity index (χ3n) is 4.07. The lowest BCUT2D eigenvalue weighted by Crippen LogP contribution is -2.56. The Hall–Kier alpha value is -1.79. The van der Waals surface area contributed by atoms with E-state index in [4.69, 9.17) is 0 Å². The molecule has 19 heavy (non-hydrogen) atoms. The molecule has 0 radical (unpaired) electrons. The molecule has 0 aromatic heterocycles. The molecule has 0 aromatic carbocycles. The van der Waals surface area contributed by atoms with E-state index in [0.717, 1.165) is 6.42 Å². The number of piperazine rings is 1. The van der Waals surface area contributed by atoms with E-state index in [1.165, 1.54) is 4.90 Å². The zero-order valence-electron chi connectivity index (χ0n) is 10.9. The van der Waals surface area contributed by atoms with Crippen LogP contribution in [0, 0.1) is 5.41 Å². The second-order valence-corrected chi connectivity index (χ2v) is 5.39. The minimum Gasteiger partial charge on any atom is -0.481 e. The molecule has 0 aromatic rings. The average Bonchev–Trinajstić information content (AvgIpc) is 2.72. The number of amides is 3. The highest BCUT2D eigenvalue weighted by Gasteiger charge is 2.46. The minimum absolute atomic E-state index is 0.0301. The molecular weight excluding hydrogens is 250 g/mol. The molecule has 1 heterocycles. The van der Waals surface area contributed by atoms with Gasteiger partial charge in [0.05, 0.1) is 5.41 Å². The predicted molar refractivity (Wildman–Crippen MR) is 66.5 cm³/mol. The Morgan fingerprint density at radius 3 is 2.89 bits per heavy atom. The summed E-state index contributed by atoms with van der Waals surface area (Å²) in [6.45, 7) is 2.58. The van der Waals surface area contributed by atoms with Crippen molar-refractivity contribution in [3.8, 4) is 0 Å². The van der Waals surface area contributed by atoms with Gasteiger partial charge in [0, 0.05) is 19.1 Å². The number of carbonyl (C=O) groups is 3. The third-order valence-corrected chi connectivity index (χ3v) is 4.07. The number of carboxylic acids is 1. The van der Waals surface area contributed by atoms with Gasteiger partial charge in [0.15, 0.2) is 0 Å². The van der Waals surface area contributed by atoms with Gasteiger partial charge in [-0.2, -0.15) is 0 Å². The van der Waals surface area contributed by atoms with Gasteiger partial charge in [0.25, 0.3) is 0 Å². The maximum Gasteiger partial charge on any atom is 0.318 e. The average molecular weight is 269 g/mol. The van der Waals surface area contributed by atoms with E-state index >= 15 is 0 Å². The molecule has 0 bridgehead atoms. The van der Waals surface area contributed by atoms with Crippen LogP contribution in [0.5, 0.6) is 0 Å². The van der Waals surface area contributed by atoms with Gasteiger partial charge in [-0.05, 0) is 19.8 Å². The summed E-state index contributed by atoms with van der Waals surface area (Å²) >= 11 is 0. The summed E-state index contributed by atoms with van der Waals surface area (Å²) in [6, 6.07) is -0.725. The van der Waals surface area contributed by atoms with E-state index < -0.39 is 11.4 Å². The van der Waals surface area contributed by atoms with Crippen molar-refractivity contribution in [1.29, 1.82) is 0 Å². The standard InChI is InChI=1S/C12H19N3O4/c1-12(10(17)18)4-2-3-8(12)14-11(19)15-6-5-13-9(16)7-15/h8H,2-7H2,1H3,(H,13,16)(H,14,19)(H,17,18). The second kappa shape index (κ2) is 5.07. The molecule has 1 saturated heterocycles. The number of rotatable bonds is 2. The maximum absolute atomic E-state index is 12.1. The van der Waals surface area contributed by atoms with Gasteiger partial charge in [-0.25, -0.2) is 4.79 Å². The summed E-state index contributed by atoms with van der Waals surface area (Å²) in [6.07, 6.45) is 2.01. The molecule has 3 N–H and O–H groups in total. The number of urea groups is 1. The zero-order chi connectivity index (χ0) is 14.0. The van der Waals surface area contributed by atoms with Crippen molar-refractivity contribution in [2.24, 2.45) is 5.41 Å². The number of hydrogen-bond acceptors (Lipinski definition) is 3. The molecule has 2 rings (SSSR count). The van der Waals surface area contributed by atoms with Crippen molar-refractivity contribution in [2.45, 2.75) is 32.2 Å². The zero-order valence-corrected chi connectivity index (χ0v) is 10.9. The fraction of sp³-hybridized carbons (Fsp3) is 0.750. The number of carboxylic acid groups (broad SMARTS) is 1. The van der Waals surface area contributed by atoms with Gasteiger partial charge in [0.2, 0.25) is 5.91 Å². The first-order chi connectivity index (χ1) is 8.93. The summed E-state index contributed by atoms with van der Waals surface area (Å²) in [5, 5.41) is 14.7. The lowest BCUT2D eigenvalue weighted by Gasteiger charge is -2.32. The topological polar surface area (TPSA) is 98.7 Å². The SMILES string of the molecule is CC1(C(=O)O)CCCC1NC(=O)N1CCNC(=O)C1. The van der Waals surface area contributed by atoms with Crippen LogP contribution in [0.2, 0.25) is 0 Å². The number of hydrogen-bond donors (Lipinski definition) is 3. The highest BCUT2D eigenvalue weighted by atomic mass is 16.4. The van der Waals surface area contributed by atoms with E-state index in [1.807, 2.05) is 0 Å². The van der Waals surface area contributed by atoms with E-state index in [1.54, 1.807) is 6.92 Å². The highest BCUT2D eigenvalue weighted by molar-refractivity contribution is 5.86. The van der Waals surface area contributed by atoms with Crippen LogP contribution < -0.4 is 10.6 Å². The van der Waals surface area contributed by atoms with Crippen molar-refractivity contribution in [1.82, 2.24) is 15.5 Å². The first-order valence-electron chi connectivity index (χ1n) is 6.49. The first-order valence-corrected chi connectivity index (χ1v) is 6.49. The second-order valence-electron chi connectivity index (χ2n) is 5.39. The molecule has 7 nitrogen and oxygen atoms in total. The summed E-state index contributed by atoms with van der Waals surface area (Å²) in [7, 11) is 0. The van der Waals surface area contributed by atoms with Gasteiger partial charge in [-0.15, -0.1) is 0 Å². The van der Waals surface area contributed by atoms with Crippen LogP contribution in [0.25, 0.3) is 0 Å². The summed E-state index contributed by atoms with van der Waals surface area (Å²) in [4.78, 5) is 36.0. The van der Waals surface area contributed by atoms with Gasteiger partial charge < -0.3 is 20.6 Å². The Labute approximate surface area is 111 Å². The molecule has 2 fully saturated rings. The Morgan fingerprint density at radius 1 is 1.53 bits per heavy atom. The summed E-state index contributed by atoms with van der Waals surface area (Å²) < 4.78 is 0. The molecule has 2 atom stereocenters. The fourth-order valence-electron chi connectivity index (χ4n) is 2.71. The number of nitrogens with one attached hydrogen (secondary N) is 2. The minimum atomic E-state index is -0.909. The van der Waals surface area contributed by atoms with E-state index in [-0.39, 0.29) is 24.5 Å². The van der Waals surface area contributed by atoms with Crippen molar-refractivity contribution in [3.05, 3.63) is 0 Å². The Morgan fingerprint density at radius 2 is 2.26 bits per heavy atom. The quantitative estimate of drug-likeness (QED) is 0.645. The summed E-state index contributed by atoms with van der Waals surface area (Å²) in [5.74, 6) is -1.07. The van der Waals surface area contributed by atoms with E-state index in [0.29, 0.717) is 25.9 Å². The van der Waals surface area contributed by atoms with Gasteiger partial charge in [-0.1, -0.05) is 6.42 Å². The first kappa shape index (κ1) is 13.6. The van der Waals surface area contributed by atoms with Crippen molar-refractivity contribution < 1.29 is 19.5 Å². The van der Waals surface area contributed by atoms with Gasteiger partial charge in [0.1, 0.15) is 6.54 Å². The molecule has 7 heteroatoms. The van der Waals surface area contributed by atoms with Crippen LogP contribution in [-0.4, -0.2) is 53.6 Å². The molecule has 3 amide bonds. The van der Waals surface area contributed by atoms with Crippen LogP contribution in [0.4, 0.5) is 4.79 Å². The van der Waals surface area contributed by atoms with Gasteiger partial charge in [-0.3, -0.25) is 9.59 Å².